The summed E-state index contributed by atoms with van der Waals surface area (Å²) in [6.45, 7) is 2.63. The number of carbonyl (C=O) groups is 1. The molecule has 1 aromatic heterocycles. The highest BCUT2D eigenvalue weighted by molar-refractivity contribution is 6.28. The van der Waals surface area contributed by atoms with Crippen LogP contribution in [0.25, 0.3) is 10.9 Å². The Morgan fingerprint density at radius 2 is 2.11 bits per heavy atom. The molecule has 0 spiro atoms. The quantitative estimate of drug-likeness (QED) is 0.827. The van der Waals surface area contributed by atoms with Crippen molar-refractivity contribution in [2.45, 2.75) is 6.92 Å². The zero-order valence-electron chi connectivity index (χ0n) is 9.90. The Bertz CT molecular complexity index is 573. The van der Waals surface area contributed by atoms with Crippen LogP contribution in [0.15, 0.2) is 24.3 Å². The minimum atomic E-state index is -0.0867. The van der Waals surface area contributed by atoms with Crippen LogP contribution in [0.4, 0.5) is 5.82 Å². The van der Waals surface area contributed by atoms with Gasteiger partial charge in [-0.2, -0.15) is 0 Å². The molecule has 2 N–H and O–H groups in total. The molecule has 18 heavy (non-hydrogen) atoms. The maximum atomic E-state index is 11.4. The van der Waals surface area contributed by atoms with Crippen LogP contribution < -0.4 is 10.6 Å². The van der Waals surface area contributed by atoms with Crippen LogP contribution in [-0.4, -0.2) is 29.0 Å². The van der Waals surface area contributed by atoms with Crippen molar-refractivity contribution < 1.29 is 4.79 Å². The van der Waals surface area contributed by atoms with E-state index in [1.807, 2.05) is 31.2 Å². The second-order valence-corrected chi connectivity index (χ2v) is 4.00. The zero-order chi connectivity index (χ0) is 13.0. The lowest BCUT2D eigenvalue weighted by Gasteiger charge is -2.08. The largest absolute Gasteiger partial charge is 0.360 e. The van der Waals surface area contributed by atoms with Crippen LogP contribution >= 0.6 is 11.6 Å². The van der Waals surface area contributed by atoms with Crippen LogP contribution in [0.3, 0.4) is 0 Å². The summed E-state index contributed by atoms with van der Waals surface area (Å²) in [6, 6.07) is 7.49. The van der Waals surface area contributed by atoms with Gasteiger partial charge < -0.3 is 10.6 Å². The van der Waals surface area contributed by atoms with Gasteiger partial charge in [0.2, 0.25) is 11.2 Å². The number of hydrogen-bond acceptors (Lipinski definition) is 4. The average molecular weight is 265 g/mol. The third kappa shape index (κ3) is 2.87. The van der Waals surface area contributed by atoms with Crippen molar-refractivity contribution in [3.63, 3.8) is 0 Å². The molecular weight excluding hydrogens is 252 g/mol. The summed E-state index contributed by atoms with van der Waals surface area (Å²) in [4.78, 5) is 19.6. The molecule has 0 atom stereocenters. The van der Waals surface area contributed by atoms with Gasteiger partial charge in [0, 0.05) is 11.9 Å². The Morgan fingerprint density at radius 3 is 2.89 bits per heavy atom. The van der Waals surface area contributed by atoms with Gasteiger partial charge in [0.05, 0.1) is 12.1 Å². The summed E-state index contributed by atoms with van der Waals surface area (Å²) < 4.78 is 0. The van der Waals surface area contributed by atoms with Crippen molar-refractivity contribution in [3.05, 3.63) is 29.5 Å². The average Bonchev–Trinajstić information content (AvgIpc) is 2.36. The number of benzene rings is 1. The topological polar surface area (TPSA) is 66.9 Å². The number of likely N-dealkylation sites (N-methyl/N-ethyl adjacent to an activating group) is 1. The molecule has 2 aromatic rings. The summed E-state index contributed by atoms with van der Waals surface area (Å²) in [5.41, 5.74) is 0.746. The summed E-state index contributed by atoms with van der Waals surface area (Å²) in [5, 5.41) is 6.66. The predicted octanol–water partition coefficient (Wildman–Crippen LogP) is 1.83. The molecule has 0 saturated carbocycles. The van der Waals surface area contributed by atoms with E-state index in [-0.39, 0.29) is 17.7 Å². The monoisotopic (exact) mass is 264 g/mol. The smallest absolute Gasteiger partial charge is 0.239 e. The molecule has 0 aliphatic rings. The highest BCUT2D eigenvalue weighted by Crippen LogP contribution is 2.21. The molecule has 0 aliphatic heterocycles. The number of rotatable bonds is 4. The van der Waals surface area contributed by atoms with E-state index in [4.69, 9.17) is 11.6 Å². The van der Waals surface area contributed by atoms with Gasteiger partial charge in [-0.3, -0.25) is 4.79 Å². The van der Waals surface area contributed by atoms with Gasteiger partial charge in [-0.05, 0) is 30.7 Å². The molecule has 0 fully saturated rings. The highest BCUT2D eigenvalue weighted by atomic mass is 35.5. The Morgan fingerprint density at radius 1 is 1.33 bits per heavy atom. The maximum absolute atomic E-state index is 11.4. The summed E-state index contributed by atoms with van der Waals surface area (Å²) >= 11 is 5.84. The highest BCUT2D eigenvalue weighted by Gasteiger charge is 2.07. The van der Waals surface area contributed by atoms with E-state index in [2.05, 4.69) is 20.6 Å². The summed E-state index contributed by atoms with van der Waals surface area (Å²) in [6.07, 6.45) is 0. The SMILES string of the molecule is CCNC(=O)CNc1nc(Cl)nc2ccccc12. The van der Waals surface area contributed by atoms with E-state index in [9.17, 15) is 4.79 Å². The number of amides is 1. The molecule has 1 amide bonds. The van der Waals surface area contributed by atoms with E-state index in [0.29, 0.717) is 12.4 Å². The van der Waals surface area contributed by atoms with Crippen LogP contribution in [-0.2, 0) is 4.79 Å². The lowest BCUT2D eigenvalue weighted by molar-refractivity contribution is -0.119. The number of aromatic nitrogens is 2. The molecular formula is C12H13ClN4O. The molecule has 1 aromatic carbocycles. The minimum absolute atomic E-state index is 0.0867. The number of anilines is 1. The van der Waals surface area contributed by atoms with Gasteiger partial charge in [0.25, 0.3) is 0 Å². The third-order valence-electron chi connectivity index (χ3n) is 2.37. The van der Waals surface area contributed by atoms with Crippen molar-refractivity contribution in [1.29, 1.82) is 0 Å². The van der Waals surface area contributed by atoms with E-state index in [0.717, 1.165) is 10.9 Å². The fourth-order valence-corrected chi connectivity index (χ4v) is 1.78. The first-order valence-electron chi connectivity index (χ1n) is 5.63. The van der Waals surface area contributed by atoms with E-state index >= 15 is 0 Å². The minimum Gasteiger partial charge on any atom is -0.360 e. The molecule has 5 nitrogen and oxygen atoms in total. The molecule has 0 aliphatic carbocycles. The molecule has 0 saturated heterocycles. The second-order valence-electron chi connectivity index (χ2n) is 3.67. The lowest BCUT2D eigenvalue weighted by Crippen LogP contribution is -2.29. The first-order valence-corrected chi connectivity index (χ1v) is 6.01. The Balaban J connectivity index is 2.24. The number of nitrogens with zero attached hydrogens (tertiary/aromatic N) is 2. The molecule has 1 heterocycles. The van der Waals surface area contributed by atoms with Crippen LogP contribution in [0.2, 0.25) is 5.28 Å². The summed E-state index contributed by atoms with van der Waals surface area (Å²) in [5.74, 6) is 0.480. The Kier molecular flexibility index (Phi) is 3.94. The van der Waals surface area contributed by atoms with Crippen LogP contribution in [0.5, 0.6) is 0 Å². The first kappa shape index (κ1) is 12.6. The molecule has 6 heteroatoms. The number of carbonyl (C=O) groups excluding carboxylic acids is 1. The molecule has 94 valence electrons. The molecule has 0 radical (unpaired) electrons. The van der Waals surface area contributed by atoms with Crippen molar-refractivity contribution in [1.82, 2.24) is 15.3 Å². The standard InChI is InChI=1S/C12H13ClN4O/c1-2-14-10(18)7-15-11-8-5-3-4-6-9(8)16-12(13)17-11/h3-6H,2,7H2,1H3,(H,14,18)(H,15,16,17). The fourth-order valence-electron chi connectivity index (χ4n) is 1.61. The number of halogens is 1. The van der Waals surface area contributed by atoms with Crippen molar-refractivity contribution in [2.75, 3.05) is 18.4 Å². The number of fused-ring (bicyclic) bond motifs is 1. The van der Waals surface area contributed by atoms with Gasteiger partial charge in [-0.1, -0.05) is 12.1 Å². The molecule has 2 rings (SSSR count). The first-order chi connectivity index (χ1) is 8.70. The van der Waals surface area contributed by atoms with E-state index in [1.54, 1.807) is 0 Å². The van der Waals surface area contributed by atoms with Crippen molar-refractivity contribution in [2.24, 2.45) is 0 Å². The number of para-hydroxylation sites is 1. The lowest BCUT2D eigenvalue weighted by atomic mass is 10.2. The predicted molar refractivity (Wildman–Crippen MR) is 71.7 cm³/mol. The maximum Gasteiger partial charge on any atom is 0.239 e. The molecule has 0 bridgehead atoms. The van der Waals surface area contributed by atoms with Gasteiger partial charge >= 0.3 is 0 Å². The fraction of sp³-hybridized carbons (Fsp3) is 0.250. The third-order valence-corrected chi connectivity index (χ3v) is 2.54. The zero-order valence-corrected chi connectivity index (χ0v) is 10.7. The van der Waals surface area contributed by atoms with E-state index < -0.39 is 0 Å². The van der Waals surface area contributed by atoms with Crippen LogP contribution in [0, 0.1) is 0 Å². The van der Waals surface area contributed by atoms with Gasteiger partial charge in [-0.15, -0.1) is 0 Å². The van der Waals surface area contributed by atoms with Gasteiger partial charge in [0.15, 0.2) is 0 Å². The second kappa shape index (κ2) is 5.64. The number of nitrogens with one attached hydrogen (secondary N) is 2. The van der Waals surface area contributed by atoms with Gasteiger partial charge in [-0.25, -0.2) is 9.97 Å². The van der Waals surface area contributed by atoms with E-state index in [1.165, 1.54) is 0 Å². The van der Waals surface area contributed by atoms with Crippen molar-refractivity contribution >= 4 is 34.2 Å². The van der Waals surface area contributed by atoms with Gasteiger partial charge in [0.1, 0.15) is 5.82 Å². The number of hydrogen-bond donors (Lipinski definition) is 2. The normalized spacial score (nSPS) is 10.3. The molecule has 0 unspecified atom stereocenters. The van der Waals surface area contributed by atoms with Crippen molar-refractivity contribution in [3.8, 4) is 0 Å². The van der Waals surface area contributed by atoms with Crippen LogP contribution in [0.1, 0.15) is 6.92 Å². The Hall–Kier alpha value is -1.88. The summed E-state index contributed by atoms with van der Waals surface area (Å²) in [7, 11) is 0. The Labute approximate surface area is 110 Å².